The number of halogens is 3. The number of fused-ring (bicyclic) bond motifs is 1. The second-order valence-corrected chi connectivity index (χ2v) is 16.6. The van der Waals surface area contributed by atoms with E-state index in [1.807, 2.05) is 23.9 Å². The first-order valence-corrected chi connectivity index (χ1v) is 19.1. The number of likely N-dealkylation sites (tertiary alicyclic amines) is 1. The van der Waals surface area contributed by atoms with Crippen LogP contribution in [-0.2, 0) is 17.5 Å². The number of alkyl halides is 3. The van der Waals surface area contributed by atoms with E-state index in [2.05, 4.69) is 35.8 Å². The number of hydrogen-bond donors (Lipinski definition) is 0. The molecule has 7 rings (SSSR count). The normalized spacial score (nSPS) is 27.5. The lowest BCUT2D eigenvalue weighted by Crippen LogP contribution is -2.51. The first kappa shape index (κ1) is 34.2. The van der Waals surface area contributed by atoms with Crippen LogP contribution < -0.4 is 5.69 Å². The van der Waals surface area contributed by atoms with Gasteiger partial charge in [-0.15, -0.1) is 11.8 Å². The van der Waals surface area contributed by atoms with Crippen LogP contribution in [0.4, 0.5) is 13.2 Å². The molecule has 2 aliphatic heterocycles. The molecular weight excluding hydrogens is 634 g/mol. The van der Waals surface area contributed by atoms with E-state index in [0.717, 1.165) is 25.9 Å². The number of hydrogen-bond acceptors (Lipinski definition) is 5. The van der Waals surface area contributed by atoms with Crippen LogP contribution in [0.1, 0.15) is 101 Å². The minimum absolute atomic E-state index is 0.101. The van der Waals surface area contributed by atoms with Crippen LogP contribution in [0.25, 0.3) is 11.2 Å². The lowest BCUT2D eigenvalue weighted by molar-refractivity contribution is -0.136. The molecule has 48 heavy (non-hydrogen) atoms. The number of benzene rings is 1. The van der Waals surface area contributed by atoms with Crippen molar-refractivity contribution in [3.63, 3.8) is 0 Å². The number of rotatable bonds is 9. The van der Waals surface area contributed by atoms with E-state index in [1.165, 1.54) is 78.2 Å². The van der Waals surface area contributed by atoms with Crippen LogP contribution in [0.2, 0.25) is 0 Å². The summed E-state index contributed by atoms with van der Waals surface area (Å²) in [5, 5.41) is 0.725. The van der Waals surface area contributed by atoms with Gasteiger partial charge in [0.2, 0.25) is 0 Å². The van der Waals surface area contributed by atoms with Crippen molar-refractivity contribution in [1.82, 2.24) is 18.8 Å². The minimum Gasteiger partial charge on any atom is -0.382 e. The maximum Gasteiger partial charge on any atom is 0.418 e. The highest BCUT2D eigenvalue weighted by Crippen LogP contribution is 2.51. The molecule has 5 atom stereocenters. The predicted octanol–water partition coefficient (Wildman–Crippen LogP) is 8.34. The Morgan fingerprint density at radius 3 is 2.46 bits per heavy atom. The van der Waals surface area contributed by atoms with Gasteiger partial charge >= 0.3 is 11.9 Å². The van der Waals surface area contributed by atoms with Crippen molar-refractivity contribution < 1.29 is 17.9 Å². The summed E-state index contributed by atoms with van der Waals surface area (Å²) in [6.07, 6.45) is 10.5. The topological polar surface area (TPSA) is 42.1 Å². The Morgan fingerprint density at radius 1 is 0.979 bits per heavy atom. The Bertz CT molecular complexity index is 1620. The molecule has 2 aliphatic carbocycles. The molecule has 2 aromatic heterocycles. The Kier molecular flexibility index (Phi) is 10.1. The van der Waals surface area contributed by atoms with Crippen molar-refractivity contribution in [2.75, 3.05) is 26.8 Å². The third-order valence-electron chi connectivity index (χ3n) is 11.7. The van der Waals surface area contributed by atoms with Gasteiger partial charge in [0.25, 0.3) is 0 Å². The van der Waals surface area contributed by atoms with E-state index >= 15 is 0 Å². The lowest BCUT2D eigenvalue weighted by Gasteiger charge is -2.46. The van der Waals surface area contributed by atoms with E-state index in [-0.39, 0.29) is 11.4 Å². The van der Waals surface area contributed by atoms with Crippen molar-refractivity contribution in [1.29, 1.82) is 0 Å². The van der Waals surface area contributed by atoms with Crippen molar-refractivity contribution in [3.05, 3.63) is 69.9 Å². The third-order valence-corrected chi connectivity index (χ3v) is 13.1. The Labute approximate surface area is 287 Å². The summed E-state index contributed by atoms with van der Waals surface area (Å²) < 4.78 is 52.0. The van der Waals surface area contributed by atoms with E-state index < -0.39 is 17.4 Å². The summed E-state index contributed by atoms with van der Waals surface area (Å²) in [5.74, 6) is 1.33. The number of imidazole rings is 1. The monoisotopic (exact) mass is 684 g/mol. The first-order valence-electron chi connectivity index (χ1n) is 18.2. The fraction of sp³-hybridized carbons (Fsp3) is 0.658. The van der Waals surface area contributed by atoms with Crippen molar-refractivity contribution in [2.45, 2.75) is 119 Å². The molecule has 6 nitrogen and oxygen atoms in total. The summed E-state index contributed by atoms with van der Waals surface area (Å²) in [4.78, 5) is 19.0. The SMILES string of the molecule is COCC1SC(C)C([C@H](c2cccc(-n3cc4c(C(F)(F)F)cc(CN5CCC[C@H](C)C5)cn4c3=O)c2)C2CCC2)N1C1CCCCC1. The van der Waals surface area contributed by atoms with Gasteiger partial charge in [0.1, 0.15) is 0 Å². The summed E-state index contributed by atoms with van der Waals surface area (Å²) >= 11 is 2.03. The Morgan fingerprint density at radius 2 is 1.77 bits per heavy atom. The predicted molar refractivity (Wildman–Crippen MR) is 187 cm³/mol. The van der Waals surface area contributed by atoms with Crippen LogP contribution in [-0.4, -0.2) is 68.3 Å². The molecular formula is C38H51F3N4O2S. The summed E-state index contributed by atoms with van der Waals surface area (Å²) in [6, 6.07) is 10.2. The summed E-state index contributed by atoms with van der Waals surface area (Å²) in [7, 11) is 1.80. The molecule has 0 radical (unpaired) electrons. The maximum absolute atomic E-state index is 14.5. The molecule has 4 fully saturated rings. The van der Waals surface area contributed by atoms with Gasteiger partial charge in [0.05, 0.1) is 28.7 Å². The van der Waals surface area contributed by atoms with Gasteiger partial charge in [-0.1, -0.05) is 51.7 Å². The third kappa shape index (κ3) is 6.75. The zero-order chi connectivity index (χ0) is 33.6. The number of aromatic nitrogens is 2. The van der Waals surface area contributed by atoms with Gasteiger partial charge in [-0.2, -0.15) is 13.2 Å². The Hall–Kier alpha value is -2.27. The fourth-order valence-electron chi connectivity index (χ4n) is 9.30. The summed E-state index contributed by atoms with van der Waals surface area (Å²) in [6.45, 7) is 7.36. The lowest BCUT2D eigenvalue weighted by atomic mass is 9.68. The molecule has 3 aromatic rings. The number of ether oxygens (including phenoxy) is 1. The average molecular weight is 685 g/mol. The van der Waals surface area contributed by atoms with Gasteiger partial charge in [-0.3, -0.25) is 18.8 Å². The van der Waals surface area contributed by atoms with Crippen LogP contribution in [0.3, 0.4) is 0 Å². The summed E-state index contributed by atoms with van der Waals surface area (Å²) in [5.41, 5.74) is 1.01. The van der Waals surface area contributed by atoms with Crippen molar-refractivity contribution >= 4 is 17.3 Å². The highest BCUT2D eigenvalue weighted by Gasteiger charge is 2.49. The largest absolute Gasteiger partial charge is 0.418 e. The number of piperidine rings is 1. The van der Waals surface area contributed by atoms with E-state index in [4.69, 9.17) is 4.74 Å². The van der Waals surface area contributed by atoms with E-state index in [1.54, 1.807) is 13.3 Å². The molecule has 4 heterocycles. The van der Waals surface area contributed by atoms with Gasteiger partial charge in [0, 0.05) is 55.8 Å². The van der Waals surface area contributed by atoms with E-state index in [9.17, 15) is 18.0 Å². The number of methoxy groups -OCH3 is 1. The van der Waals surface area contributed by atoms with Gasteiger partial charge in [0.15, 0.2) is 0 Å². The first-order chi connectivity index (χ1) is 23.1. The molecule has 0 spiro atoms. The molecule has 4 aliphatic rings. The number of thioether (sulfide) groups is 1. The molecule has 2 saturated heterocycles. The molecule has 0 bridgehead atoms. The van der Waals surface area contributed by atoms with Crippen LogP contribution in [0, 0.1) is 11.8 Å². The maximum atomic E-state index is 14.5. The molecule has 262 valence electrons. The van der Waals surface area contributed by atoms with Crippen molar-refractivity contribution in [3.8, 4) is 5.69 Å². The van der Waals surface area contributed by atoms with Crippen molar-refractivity contribution in [2.24, 2.45) is 11.8 Å². The standard InChI is InChI=1S/C38H51F3N4O2S/c1-25-10-9-17-42(20-25)21-27-18-32(38(39,40)41)33-23-43(37(46)44(33)22-27)31-16-8-13-29(19-31)35(28-11-7-12-28)36-26(2)48-34(24-47-3)45(36)30-14-5-4-6-15-30/h8,13,16,18-19,22-23,25-26,28,30,34-36H,4-7,9-12,14-15,17,20-21,24H2,1-3H3/t25-,26?,34?,35-,36?/m0/s1. The Balaban J connectivity index is 1.27. The smallest absolute Gasteiger partial charge is 0.382 e. The van der Waals surface area contributed by atoms with Crippen LogP contribution in [0.15, 0.2) is 47.5 Å². The fourth-order valence-corrected chi connectivity index (χ4v) is 10.9. The van der Waals surface area contributed by atoms with Gasteiger partial charge in [-0.25, -0.2) is 4.79 Å². The number of pyridine rings is 1. The quantitative estimate of drug-likeness (QED) is 0.227. The average Bonchev–Trinajstić information content (AvgIpc) is 3.54. The number of nitrogens with zero attached hydrogens (tertiary/aromatic N) is 4. The van der Waals surface area contributed by atoms with Crippen LogP contribution in [0.5, 0.6) is 0 Å². The second-order valence-electron chi connectivity index (χ2n) is 15.1. The van der Waals surface area contributed by atoms with E-state index in [0.29, 0.717) is 58.9 Å². The highest BCUT2D eigenvalue weighted by molar-refractivity contribution is 8.00. The van der Waals surface area contributed by atoms with Gasteiger partial charge < -0.3 is 4.74 Å². The van der Waals surface area contributed by atoms with Gasteiger partial charge in [-0.05, 0) is 86.2 Å². The molecule has 3 unspecified atom stereocenters. The molecule has 0 N–H and O–H groups in total. The minimum atomic E-state index is -4.58. The second kappa shape index (κ2) is 14.2. The molecule has 10 heteroatoms. The highest BCUT2D eigenvalue weighted by atomic mass is 32.2. The molecule has 0 amide bonds. The zero-order valence-corrected chi connectivity index (χ0v) is 29.4. The molecule has 1 aromatic carbocycles. The van der Waals surface area contributed by atoms with Crippen LogP contribution >= 0.6 is 11.8 Å². The zero-order valence-electron chi connectivity index (χ0n) is 28.6. The molecule has 2 saturated carbocycles.